The van der Waals surface area contributed by atoms with E-state index in [1.54, 1.807) is 25.3 Å². The lowest BCUT2D eigenvalue weighted by atomic mass is 9.96. The highest BCUT2D eigenvalue weighted by atomic mass is 16.5. The molecule has 0 saturated carbocycles. The van der Waals surface area contributed by atoms with Crippen molar-refractivity contribution in [3.05, 3.63) is 23.8 Å². The molecule has 6 nitrogen and oxygen atoms in total. The average molecular weight is 362 g/mol. The summed E-state index contributed by atoms with van der Waals surface area (Å²) in [6.45, 7) is 4.86. The normalized spacial score (nSPS) is 16.8. The summed E-state index contributed by atoms with van der Waals surface area (Å²) in [7, 11) is 1.54. The van der Waals surface area contributed by atoms with Crippen LogP contribution in [0.1, 0.15) is 49.4 Å². The van der Waals surface area contributed by atoms with E-state index < -0.39 is 0 Å². The largest absolute Gasteiger partial charge is 0.493 e. The van der Waals surface area contributed by atoms with Gasteiger partial charge >= 0.3 is 0 Å². The lowest BCUT2D eigenvalue weighted by molar-refractivity contribution is -0.121. The van der Waals surface area contributed by atoms with Crippen LogP contribution in [0.5, 0.6) is 11.5 Å². The molecule has 0 spiro atoms. The van der Waals surface area contributed by atoms with Crippen LogP contribution in [-0.2, 0) is 4.79 Å². The molecule has 1 heterocycles. The number of benzene rings is 1. The number of ether oxygens (including phenoxy) is 2. The molecule has 144 valence electrons. The smallest absolute Gasteiger partial charge is 0.220 e. The highest BCUT2D eigenvalue weighted by Crippen LogP contribution is 2.28. The third-order valence-corrected chi connectivity index (χ3v) is 4.65. The quantitative estimate of drug-likeness (QED) is 0.494. The van der Waals surface area contributed by atoms with E-state index >= 15 is 0 Å². The van der Waals surface area contributed by atoms with Gasteiger partial charge in [0.05, 0.1) is 13.7 Å². The maximum atomic E-state index is 11.9. The molecule has 1 aromatic rings. The molecule has 1 unspecified atom stereocenters. The van der Waals surface area contributed by atoms with Crippen LogP contribution in [-0.4, -0.2) is 45.0 Å². The molecule has 6 heteroatoms. The van der Waals surface area contributed by atoms with Crippen molar-refractivity contribution in [1.29, 1.82) is 0 Å². The molecule has 1 atom stereocenters. The van der Waals surface area contributed by atoms with Gasteiger partial charge in [-0.05, 0) is 69.8 Å². The van der Waals surface area contributed by atoms with Crippen LogP contribution in [0.15, 0.2) is 18.2 Å². The summed E-state index contributed by atoms with van der Waals surface area (Å²) in [5, 5.41) is 6.38. The number of amides is 1. The topological polar surface area (TPSA) is 76.7 Å². The second kappa shape index (κ2) is 10.8. The first kappa shape index (κ1) is 20.2. The summed E-state index contributed by atoms with van der Waals surface area (Å²) in [6, 6.07) is 5.12. The van der Waals surface area contributed by atoms with Gasteiger partial charge in [0, 0.05) is 18.5 Å². The maximum Gasteiger partial charge on any atom is 0.220 e. The summed E-state index contributed by atoms with van der Waals surface area (Å²) in [4.78, 5) is 23.3. The zero-order valence-electron chi connectivity index (χ0n) is 15.8. The summed E-state index contributed by atoms with van der Waals surface area (Å²) >= 11 is 0. The molecule has 2 rings (SSSR count). The minimum Gasteiger partial charge on any atom is -0.493 e. The van der Waals surface area contributed by atoms with E-state index in [-0.39, 0.29) is 11.7 Å². The van der Waals surface area contributed by atoms with E-state index in [1.807, 2.05) is 0 Å². The lowest BCUT2D eigenvalue weighted by Gasteiger charge is -2.22. The second-order valence-electron chi connectivity index (χ2n) is 6.72. The van der Waals surface area contributed by atoms with Gasteiger partial charge in [-0.15, -0.1) is 0 Å². The van der Waals surface area contributed by atoms with Gasteiger partial charge in [-0.1, -0.05) is 0 Å². The van der Waals surface area contributed by atoms with Crippen LogP contribution in [0, 0.1) is 5.92 Å². The Balaban J connectivity index is 1.63. The van der Waals surface area contributed by atoms with Crippen molar-refractivity contribution >= 4 is 11.7 Å². The number of methoxy groups -OCH3 is 1. The summed E-state index contributed by atoms with van der Waals surface area (Å²) in [5.41, 5.74) is 0.585. The van der Waals surface area contributed by atoms with Gasteiger partial charge in [-0.3, -0.25) is 9.59 Å². The van der Waals surface area contributed by atoms with E-state index in [9.17, 15) is 9.59 Å². The molecule has 1 saturated heterocycles. The van der Waals surface area contributed by atoms with Crippen LogP contribution < -0.4 is 20.1 Å². The average Bonchev–Trinajstić information content (AvgIpc) is 2.66. The zero-order valence-corrected chi connectivity index (χ0v) is 15.8. The number of hydrogen-bond acceptors (Lipinski definition) is 5. The Morgan fingerprint density at radius 1 is 1.31 bits per heavy atom. The first-order chi connectivity index (χ1) is 12.6. The first-order valence-electron chi connectivity index (χ1n) is 9.39. The molecule has 1 aromatic carbocycles. The van der Waals surface area contributed by atoms with Gasteiger partial charge in [-0.2, -0.15) is 0 Å². The van der Waals surface area contributed by atoms with Gasteiger partial charge in [0.1, 0.15) is 0 Å². The Hall–Kier alpha value is -2.08. The summed E-state index contributed by atoms with van der Waals surface area (Å²) in [6.07, 6.45) is 4.59. The number of nitrogens with one attached hydrogen (secondary N) is 2. The van der Waals surface area contributed by atoms with Gasteiger partial charge < -0.3 is 20.1 Å². The molecule has 1 fully saturated rings. The molecule has 1 aliphatic heterocycles. The van der Waals surface area contributed by atoms with Crippen LogP contribution >= 0.6 is 0 Å². The number of carbonyl (C=O) groups excluding carboxylic acids is 2. The Bertz CT molecular complexity index is 597. The Kier molecular flexibility index (Phi) is 8.41. The number of Topliss-reactive ketones (excluding diaryl/α,β-unsaturated/α-hetero) is 1. The predicted octanol–water partition coefficient (Wildman–Crippen LogP) is 2.56. The highest BCUT2D eigenvalue weighted by molar-refractivity contribution is 5.94. The van der Waals surface area contributed by atoms with E-state index in [0.29, 0.717) is 42.4 Å². The first-order valence-corrected chi connectivity index (χ1v) is 9.39. The van der Waals surface area contributed by atoms with Gasteiger partial charge in [0.15, 0.2) is 17.3 Å². The van der Waals surface area contributed by atoms with Crippen LogP contribution in [0.25, 0.3) is 0 Å². The number of rotatable bonds is 10. The third-order valence-electron chi connectivity index (χ3n) is 4.65. The van der Waals surface area contributed by atoms with Crippen molar-refractivity contribution in [2.75, 3.05) is 33.4 Å². The van der Waals surface area contributed by atoms with Gasteiger partial charge in [0.25, 0.3) is 0 Å². The van der Waals surface area contributed by atoms with E-state index in [2.05, 4.69) is 10.6 Å². The second-order valence-corrected chi connectivity index (χ2v) is 6.72. The minimum atomic E-state index is -0.0180. The van der Waals surface area contributed by atoms with Gasteiger partial charge in [-0.25, -0.2) is 0 Å². The fourth-order valence-corrected chi connectivity index (χ4v) is 3.10. The van der Waals surface area contributed by atoms with Crippen LogP contribution in [0.4, 0.5) is 0 Å². The summed E-state index contributed by atoms with van der Waals surface area (Å²) < 4.78 is 11.0. The van der Waals surface area contributed by atoms with E-state index in [0.717, 1.165) is 26.1 Å². The maximum absolute atomic E-state index is 11.9. The zero-order chi connectivity index (χ0) is 18.8. The highest BCUT2D eigenvalue weighted by Gasteiger charge is 2.13. The predicted molar refractivity (Wildman–Crippen MR) is 101 cm³/mol. The van der Waals surface area contributed by atoms with Crippen molar-refractivity contribution in [3.8, 4) is 11.5 Å². The van der Waals surface area contributed by atoms with Crippen molar-refractivity contribution in [3.63, 3.8) is 0 Å². The van der Waals surface area contributed by atoms with E-state index in [4.69, 9.17) is 9.47 Å². The molecule has 2 N–H and O–H groups in total. The standard InChI is InChI=1S/C20H30N2O4/c1-15(23)17-7-8-18(19(13-17)25-2)26-12-4-6-20(24)22-11-9-16-5-3-10-21-14-16/h7-8,13,16,21H,3-6,9-12,14H2,1-2H3,(H,22,24). The molecule has 0 aliphatic carbocycles. The minimum absolute atomic E-state index is 0.0180. The lowest BCUT2D eigenvalue weighted by Crippen LogP contribution is -2.33. The fraction of sp³-hybridized carbons (Fsp3) is 0.600. The molecule has 1 amide bonds. The number of carbonyl (C=O) groups is 2. The molecule has 26 heavy (non-hydrogen) atoms. The monoisotopic (exact) mass is 362 g/mol. The molecule has 0 radical (unpaired) electrons. The third kappa shape index (κ3) is 6.67. The Morgan fingerprint density at radius 3 is 2.85 bits per heavy atom. The summed E-state index contributed by atoms with van der Waals surface area (Å²) in [5.74, 6) is 1.84. The van der Waals surface area contributed by atoms with Gasteiger partial charge in [0.2, 0.25) is 5.91 Å². The van der Waals surface area contributed by atoms with Crippen molar-refractivity contribution in [1.82, 2.24) is 10.6 Å². The number of piperidine rings is 1. The number of hydrogen-bond donors (Lipinski definition) is 2. The van der Waals surface area contributed by atoms with Crippen LogP contribution in [0.3, 0.4) is 0 Å². The molecule has 0 aromatic heterocycles. The van der Waals surface area contributed by atoms with Crippen molar-refractivity contribution in [2.45, 2.75) is 39.0 Å². The molecular weight excluding hydrogens is 332 g/mol. The van der Waals surface area contributed by atoms with Crippen molar-refractivity contribution in [2.24, 2.45) is 5.92 Å². The van der Waals surface area contributed by atoms with Crippen molar-refractivity contribution < 1.29 is 19.1 Å². The molecule has 0 bridgehead atoms. The molecule has 1 aliphatic rings. The Labute approximate surface area is 155 Å². The Morgan fingerprint density at radius 2 is 2.15 bits per heavy atom. The number of ketones is 1. The fourth-order valence-electron chi connectivity index (χ4n) is 3.10. The SMILES string of the molecule is COc1cc(C(C)=O)ccc1OCCCC(=O)NCCC1CCCNC1. The molecular formula is C20H30N2O4. The van der Waals surface area contributed by atoms with E-state index in [1.165, 1.54) is 19.8 Å². The van der Waals surface area contributed by atoms with Crippen LogP contribution in [0.2, 0.25) is 0 Å².